The number of likely N-dealkylation sites (N-methyl/N-ethyl adjacent to an activating group) is 1. The molecule has 0 radical (unpaired) electrons. The molecule has 1 aliphatic heterocycles. The minimum absolute atomic E-state index is 0.0563. The van der Waals surface area contributed by atoms with Gasteiger partial charge in [-0.15, -0.1) is 0 Å². The number of amides is 2. The average molecular weight is 238 g/mol. The molecule has 0 bridgehead atoms. The lowest BCUT2D eigenvalue weighted by Crippen LogP contribution is -2.74. The Morgan fingerprint density at radius 3 is 2.29 bits per heavy atom. The molecule has 1 N–H and O–H groups in total. The van der Waals surface area contributed by atoms with E-state index >= 15 is 0 Å². The number of piperazine rings is 1. The normalized spacial score (nSPS) is 32.1. The molecule has 4 nitrogen and oxygen atoms in total. The Hall–Kier alpha value is -1.06. The Morgan fingerprint density at radius 1 is 1.24 bits per heavy atom. The second-order valence-electron chi connectivity index (χ2n) is 5.43. The van der Waals surface area contributed by atoms with Crippen molar-refractivity contribution < 1.29 is 9.59 Å². The highest BCUT2D eigenvalue weighted by atomic mass is 16.2. The number of nitrogens with zero attached hydrogens (tertiary/aromatic N) is 1. The van der Waals surface area contributed by atoms with E-state index in [1.165, 1.54) is 0 Å². The standard InChI is InChI=1S/C13H22N2O2/c1-4-12(3)11(17)15(5-2)13(10(16)14-12)8-6-7-9-13/h4-9H2,1-3H3,(H,14,16). The highest BCUT2D eigenvalue weighted by Gasteiger charge is 2.56. The highest BCUT2D eigenvalue weighted by molar-refractivity contribution is 6.02. The second-order valence-corrected chi connectivity index (χ2v) is 5.43. The molecule has 1 unspecified atom stereocenters. The number of carbonyl (C=O) groups excluding carboxylic acids is 2. The number of hydrogen-bond donors (Lipinski definition) is 1. The Morgan fingerprint density at radius 2 is 1.82 bits per heavy atom. The van der Waals surface area contributed by atoms with Crippen molar-refractivity contribution >= 4 is 11.8 Å². The molecule has 2 fully saturated rings. The van der Waals surface area contributed by atoms with Crippen LogP contribution in [0.4, 0.5) is 0 Å². The third kappa shape index (κ3) is 1.57. The first-order valence-corrected chi connectivity index (χ1v) is 6.65. The first-order valence-electron chi connectivity index (χ1n) is 6.65. The van der Waals surface area contributed by atoms with Crippen LogP contribution in [0.25, 0.3) is 0 Å². The summed E-state index contributed by atoms with van der Waals surface area (Å²) in [7, 11) is 0. The van der Waals surface area contributed by atoms with Gasteiger partial charge in [-0.1, -0.05) is 19.8 Å². The molecule has 0 aromatic rings. The second kappa shape index (κ2) is 4.00. The van der Waals surface area contributed by atoms with Crippen molar-refractivity contribution in [3.8, 4) is 0 Å². The molecule has 0 aromatic carbocycles. The largest absolute Gasteiger partial charge is 0.340 e. The van der Waals surface area contributed by atoms with Crippen molar-refractivity contribution in [3.63, 3.8) is 0 Å². The van der Waals surface area contributed by atoms with Crippen LogP contribution in [0.5, 0.6) is 0 Å². The summed E-state index contributed by atoms with van der Waals surface area (Å²) in [5.41, 5.74) is -1.25. The molecule has 1 saturated heterocycles. The van der Waals surface area contributed by atoms with Gasteiger partial charge < -0.3 is 10.2 Å². The van der Waals surface area contributed by atoms with Crippen LogP contribution in [0.15, 0.2) is 0 Å². The predicted octanol–water partition coefficient (Wildman–Crippen LogP) is 1.45. The first-order chi connectivity index (χ1) is 8.00. The molecule has 1 heterocycles. The predicted molar refractivity (Wildman–Crippen MR) is 65.4 cm³/mol. The van der Waals surface area contributed by atoms with Crippen LogP contribution in [0.2, 0.25) is 0 Å². The molecule has 1 saturated carbocycles. The van der Waals surface area contributed by atoms with Crippen LogP contribution in [-0.2, 0) is 9.59 Å². The minimum atomic E-state index is -0.707. The van der Waals surface area contributed by atoms with Crippen molar-refractivity contribution in [2.75, 3.05) is 6.54 Å². The molecule has 4 heteroatoms. The SMILES string of the molecule is CCN1C(=O)C(C)(CC)NC(=O)C12CCCC2. The Balaban J connectivity index is 2.39. The monoisotopic (exact) mass is 238 g/mol. The minimum Gasteiger partial charge on any atom is -0.340 e. The number of hydrogen-bond acceptors (Lipinski definition) is 2. The van der Waals surface area contributed by atoms with E-state index in [-0.39, 0.29) is 11.8 Å². The fourth-order valence-electron chi connectivity index (χ4n) is 3.18. The average Bonchev–Trinajstić information content (AvgIpc) is 2.78. The van der Waals surface area contributed by atoms with Gasteiger partial charge in [-0.3, -0.25) is 9.59 Å². The summed E-state index contributed by atoms with van der Waals surface area (Å²) < 4.78 is 0. The topological polar surface area (TPSA) is 49.4 Å². The van der Waals surface area contributed by atoms with Crippen LogP contribution < -0.4 is 5.32 Å². The Bertz CT molecular complexity index is 347. The lowest BCUT2D eigenvalue weighted by molar-refractivity contribution is -0.162. The smallest absolute Gasteiger partial charge is 0.248 e. The van der Waals surface area contributed by atoms with E-state index in [9.17, 15) is 9.59 Å². The van der Waals surface area contributed by atoms with Gasteiger partial charge in [-0.25, -0.2) is 0 Å². The molecular formula is C13H22N2O2. The van der Waals surface area contributed by atoms with Crippen molar-refractivity contribution in [2.24, 2.45) is 0 Å². The molecule has 1 spiro atoms. The van der Waals surface area contributed by atoms with Crippen LogP contribution >= 0.6 is 0 Å². The van der Waals surface area contributed by atoms with E-state index in [4.69, 9.17) is 0 Å². The van der Waals surface area contributed by atoms with Crippen LogP contribution in [0.1, 0.15) is 52.9 Å². The van der Waals surface area contributed by atoms with Gasteiger partial charge in [0.2, 0.25) is 11.8 Å². The van der Waals surface area contributed by atoms with Gasteiger partial charge in [0.1, 0.15) is 11.1 Å². The van der Waals surface area contributed by atoms with Crippen LogP contribution in [0.3, 0.4) is 0 Å². The van der Waals surface area contributed by atoms with E-state index in [0.717, 1.165) is 25.7 Å². The highest BCUT2D eigenvalue weighted by Crippen LogP contribution is 2.40. The molecule has 96 valence electrons. The van der Waals surface area contributed by atoms with E-state index < -0.39 is 11.1 Å². The van der Waals surface area contributed by atoms with E-state index in [0.29, 0.717) is 13.0 Å². The summed E-state index contributed by atoms with van der Waals surface area (Å²) in [6, 6.07) is 0. The van der Waals surface area contributed by atoms with Gasteiger partial charge in [0.25, 0.3) is 0 Å². The zero-order chi connectivity index (χ0) is 12.7. The molecule has 2 aliphatic rings. The van der Waals surface area contributed by atoms with Crippen LogP contribution in [-0.4, -0.2) is 34.3 Å². The van der Waals surface area contributed by atoms with Gasteiger partial charge in [0.15, 0.2) is 0 Å². The maximum Gasteiger partial charge on any atom is 0.248 e. The maximum atomic E-state index is 12.5. The van der Waals surface area contributed by atoms with Crippen molar-refractivity contribution in [1.29, 1.82) is 0 Å². The van der Waals surface area contributed by atoms with Gasteiger partial charge in [0, 0.05) is 6.54 Å². The molecule has 1 aliphatic carbocycles. The molecular weight excluding hydrogens is 216 g/mol. The van der Waals surface area contributed by atoms with Gasteiger partial charge in [0.05, 0.1) is 0 Å². The summed E-state index contributed by atoms with van der Waals surface area (Å²) in [6.07, 6.45) is 4.36. The third-order valence-electron chi connectivity index (χ3n) is 4.50. The molecule has 1 atom stereocenters. The van der Waals surface area contributed by atoms with E-state index in [1.807, 2.05) is 25.7 Å². The Kier molecular flexibility index (Phi) is 2.92. The third-order valence-corrected chi connectivity index (χ3v) is 4.50. The van der Waals surface area contributed by atoms with Gasteiger partial charge >= 0.3 is 0 Å². The lowest BCUT2D eigenvalue weighted by Gasteiger charge is -2.49. The van der Waals surface area contributed by atoms with E-state index in [2.05, 4.69) is 5.32 Å². The first kappa shape index (κ1) is 12.4. The zero-order valence-corrected chi connectivity index (χ0v) is 11.0. The summed E-state index contributed by atoms with van der Waals surface area (Å²) in [5.74, 6) is 0.143. The van der Waals surface area contributed by atoms with Crippen molar-refractivity contribution in [1.82, 2.24) is 10.2 Å². The number of nitrogens with one attached hydrogen (secondary N) is 1. The van der Waals surface area contributed by atoms with Crippen molar-refractivity contribution in [3.05, 3.63) is 0 Å². The maximum absolute atomic E-state index is 12.5. The summed E-state index contributed by atoms with van der Waals surface area (Å²) >= 11 is 0. The molecule has 17 heavy (non-hydrogen) atoms. The zero-order valence-electron chi connectivity index (χ0n) is 11.0. The Labute approximate surface area is 103 Å². The van der Waals surface area contributed by atoms with Gasteiger partial charge in [-0.05, 0) is 33.1 Å². The summed E-state index contributed by atoms with van der Waals surface area (Å²) in [5, 5.41) is 2.96. The lowest BCUT2D eigenvalue weighted by atomic mass is 9.83. The molecule has 0 aromatic heterocycles. The fourth-order valence-corrected chi connectivity index (χ4v) is 3.18. The number of rotatable bonds is 2. The van der Waals surface area contributed by atoms with E-state index in [1.54, 1.807) is 0 Å². The fraction of sp³-hybridized carbons (Fsp3) is 0.846. The quantitative estimate of drug-likeness (QED) is 0.791. The van der Waals surface area contributed by atoms with Crippen LogP contribution in [0, 0.1) is 0 Å². The van der Waals surface area contributed by atoms with Gasteiger partial charge in [-0.2, -0.15) is 0 Å². The number of carbonyl (C=O) groups is 2. The molecule has 2 rings (SSSR count). The summed E-state index contributed by atoms with van der Waals surface area (Å²) in [4.78, 5) is 26.8. The molecule has 2 amide bonds. The summed E-state index contributed by atoms with van der Waals surface area (Å²) in [6.45, 7) is 6.37. The van der Waals surface area contributed by atoms with Crippen molar-refractivity contribution in [2.45, 2.75) is 64.0 Å².